The minimum Gasteiger partial charge on any atom is -0.480 e. The zero-order valence-electron chi connectivity index (χ0n) is 7.74. The highest BCUT2D eigenvalue weighted by Gasteiger charge is 2.22. The second-order valence-electron chi connectivity index (χ2n) is 3.13. The summed E-state index contributed by atoms with van der Waals surface area (Å²) in [5.41, 5.74) is 0.646. The van der Waals surface area contributed by atoms with Crippen LogP contribution in [0.5, 0.6) is 5.95 Å². The van der Waals surface area contributed by atoms with Gasteiger partial charge in [0.15, 0.2) is 5.56 Å². The number of aryl methyl sites for hydroxylation is 1. The molecule has 2 rings (SSSR count). The molecule has 1 heterocycles. The van der Waals surface area contributed by atoms with E-state index in [1.54, 1.807) is 13.0 Å². The van der Waals surface area contributed by atoms with E-state index in [1.165, 1.54) is 6.07 Å². The largest absolute Gasteiger partial charge is 0.480 e. The Kier molecular flexibility index (Phi) is 2.08. The minimum absolute atomic E-state index is 0.245. The zero-order chi connectivity index (χ0) is 11.2. The molecular formula is C10H7ClO4. The molecule has 0 aliphatic rings. The Morgan fingerprint density at radius 3 is 2.73 bits per heavy atom. The highest BCUT2D eigenvalue weighted by Crippen LogP contribution is 2.35. The van der Waals surface area contributed by atoms with Gasteiger partial charge in [-0.15, -0.1) is 0 Å². The first-order chi connectivity index (χ1) is 7.02. The van der Waals surface area contributed by atoms with Gasteiger partial charge in [-0.05, 0) is 24.6 Å². The number of hydrogen-bond acceptors (Lipinski definition) is 3. The summed E-state index contributed by atoms with van der Waals surface area (Å²) in [7, 11) is 0. The van der Waals surface area contributed by atoms with Crippen molar-refractivity contribution in [2.24, 2.45) is 0 Å². The second-order valence-corrected chi connectivity index (χ2v) is 3.54. The van der Waals surface area contributed by atoms with Crippen molar-refractivity contribution < 1.29 is 19.4 Å². The summed E-state index contributed by atoms with van der Waals surface area (Å²) in [5, 5.41) is 19.0. The number of aromatic hydroxyl groups is 1. The van der Waals surface area contributed by atoms with Crippen molar-refractivity contribution in [3.63, 3.8) is 0 Å². The van der Waals surface area contributed by atoms with Crippen LogP contribution in [-0.2, 0) is 0 Å². The molecule has 0 fully saturated rings. The lowest BCUT2D eigenvalue weighted by atomic mass is 10.1. The molecule has 0 radical (unpaired) electrons. The Morgan fingerprint density at radius 2 is 2.13 bits per heavy atom. The van der Waals surface area contributed by atoms with Crippen LogP contribution in [0.1, 0.15) is 15.9 Å². The van der Waals surface area contributed by atoms with Crippen LogP contribution in [0.4, 0.5) is 0 Å². The Hall–Kier alpha value is -1.68. The first kappa shape index (κ1) is 9.86. The first-order valence-corrected chi connectivity index (χ1v) is 4.54. The number of fused-ring (bicyclic) bond motifs is 1. The molecule has 5 heteroatoms. The van der Waals surface area contributed by atoms with Crippen molar-refractivity contribution in [2.75, 3.05) is 0 Å². The van der Waals surface area contributed by atoms with E-state index in [4.69, 9.17) is 21.1 Å². The van der Waals surface area contributed by atoms with E-state index in [9.17, 15) is 9.90 Å². The summed E-state index contributed by atoms with van der Waals surface area (Å²) in [6, 6.07) is 3.12. The van der Waals surface area contributed by atoms with Gasteiger partial charge < -0.3 is 14.6 Å². The molecule has 78 valence electrons. The van der Waals surface area contributed by atoms with Gasteiger partial charge in [-0.1, -0.05) is 11.6 Å². The third kappa shape index (κ3) is 1.34. The zero-order valence-corrected chi connectivity index (χ0v) is 8.50. The van der Waals surface area contributed by atoms with Crippen LogP contribution in [0.25, 0.3) is 11.0 Å². The van der Waals surface area contributed by atoms with E-state index in [1.807, 2.05) is 0 Å². The van der Waals surface area contributed by atoms with E-state index in [-0.39, 0.29) is 5.56 Å². The van der Waals surface area contributed by atoms with Crippen LogP contribution in [0.2, 0.25) is 5.02 Å². The van der Waals surface area contributed by atoms with E-state index in [0.717, 1.165) is 0 Å². The lowest BCUT2D eigenvalue weighted by Gasteiger charge is -1.98. The Balaban J connectivity index is 2.96. The van der Waals surface area contributed by atoms with E-state index in [2.05, 4.69) is 0 Å². The smallest absolute Gasteiger partial charge is 0.343 e. The highest BCUT2D eigenvalue weighted by atomic mass is 35.5. The van der Waals surface area contributed by atoms with Crippen LogP contribution in [0, 0.1) is 6.92 Å². The Labute approximate surface area is 89.7 Å². The van der Waals surface area contributed by atoms with Crippen molar-refractivity contribution in [3.8, 4) is 5.95 Å². The summed E-state index contributed by atoms with van der Waals surface area (Å²) in [4.78, 5) is 10.9. The molecule has 0 saturated carbocycles. The van der Waals surface area contributed by atoms with Crippen LogP contribution in [-0.4, -0.2) is 16.2 Å². The van der Waals surface area contributed by atoms with Crippen molar-refractivity contribution in [2.45, 2.75) is 6.92 Å². The standard InChI is InChI=1S/C10H7ClO4/c1-4-5(11)2-3-6-7(4)8(9(12)13)10(14)15-6/h2-3,14H,1H3,(H,12,13). The summed E-state index contributed by atoms with van der Waals surface area (Å²) in [6.45, 7) is 1.67. The SMILES string of the molecule is Cc1c(Cl)ccc2oc(O)c(C(=O)O)c12. The van der Waals surface area contributed by atoms with Gasteiger partial charge in [-0.25, -0.2) is 4.79 Å². The van der Waals surface area contributed by atoms with Crippen LogP contribution < -0.4 is 0 Å². The van der Waals surface area contributed by atoms with Gasteiger partial charge in [0.05, 0.1) is 0 Å². The molecular weight excluding hydrogens is 220 g/mol. The number of carbonyl (C=O) groups is 1. The molecule has 0 spiro atoms. The molecule has 1 aromatic heterocycles. The number of halogens is 1. The predicted octanol–water partition coefficient (Wildman–Crippen LogP) is 2.80. The summed E-state index contributed by atoms with van der Waals surface area (Å²) in [5.74, 6) is -1.83. The van der Waals surface area contributed by atoms with Crippen LogP contribution in [0.3, 0.4) is 0 Å². The van der Waals surface area contributed by atoms with E-state index < -0.39 is 11.9 Å². The molecule has 0 amide bonds. The summed E-state index contributed by atoms with van der Waals surface area (Å²) >= 11 is 5.86. The van der Waals surface area contributed by atoms with Gasteiger partial charge in [0, 0.05) is 10.4 Å². The van der Waals surface area contributed by atoms with Crippen LogP contribution >= 0.6 is 11.6 Å². The molecule has 2 N–H and O–H groups in total. The molecule has 0 aliphatic carbocycles. The number of aromatic carboxylic acids is 1. The molecule has 0 aliphatic heterocycles. The van der Waals surface area contributed by atoms with Gasteiger partial charge in [-0.3, -0.25) is 0 Å². The number of furan rings is 1. The number of carboxylic acid groups (broad SMARTS) is 1. The maximum Gasteiger partial charge on any atom is 0.343 e. The third-order valence-electron chi connectivity index (χ3n) is 2.25. The number of carboxylic acids is 1. The fourth-order valence-electron chi connectivity index (χ4n) is 1.52. The van der Waals surface area contributed by atoms with Crippen molar-refractivity contribution in [1.82, 2.24) is 0 Å². The van der Waals surface area contributed by atoms with Gasteiger partial charge in [0.2, 0.25) is 0 Å². The maximum absolute atomic E-state index is 10.9. The van der Waals surface area contributed by atoms with Gasteiger partial charge in [0.1, 0.15) is 5.58 Å². The molecule has 0 bridgehead atoms. The molecule has 0 unspecified atom stereocenters. The second kappa shape index (κ2) is 3.17. The number of hydrogen-bond donors (Lipinski definition) is 2. The average Bonchev–Trinajstić information content (AvgIpc) is 2.49. The molecule has 0 atom stereocenters. The maximum atomic E-state index is 10.9. The van der Waals surface area contributed by atoms with E-state index in [0.29, 0.717) is 21.6 Å². The average molecular weight is 227 g/mol. The van der Waals surface area contributed by atoms with Crippen molar-refractivity contribution in [1.29, 1.82) is 0 Å². The van der Waals surface area contributed by atoms with Gasteiger partial charge >= 0.3 is 5.97 Å². The fourth-order valence-corrected chi connectivity index (χ4v) is 1.68. The van der Waals surface area contributed by atoms with Gasteiger partial charge in [-0.2, -0.15) is 0 Å². The first-order valence-electron chi connectivity index (χ1n) is 4.16. The quantitative estimate of drug-likeness (QED) is 0.784. The molecule has 0 saturated heterocycles. The molecule has 1 aromatic carbocycles. The monoisotopic (exact) mass is 226 g/mol. The molecule has 4 nitrogen and oxygen atoms in total. The molecule has 2 aromatic rings. The topological polar surface area (TPSA) is 70.7 Å². The lowest BCUT2D eigenvalue weighted by Crippen LogP contribution is -1.95. The minimum atomic E-state index is -1.24. The van der Waals surface area contributed by atoms with Crippen LogP contribution in [0.15, 0.2) is 16.5 Å². The number of benzene rings is 1. The fraction of sp³-hybridized carbons (Fsp3) is 0.100. The lowest BCUT2D eigenvalue weighted by molar-refractivity contribution is 0.0693. The van der Waals surface area contributed by atoms with E-state index >= 15 is 0 Å². The summed E-state index contributed by atoms with van der Waals surface area (Å²) < 4.78 is 4.91. The Morgan fingerprint density at radius 1 is 1.47 bits per heavy atom. The summed E-state index contributed by atoms with van der Waals surface area (Å²) in [6.07, 6.45) is 0. The normalized spacial score (nSPS) is 10.8. The predicted molar refractivity (Wildman–Crippen MR) is 54.6 cm³/mol. The van der Waals surface area contributed by atoms with Crippen molar-refractivity contribution in [3.05, 3.63) is 28.3 Å². The number of rotatable bonds is 1. The highest BCUT2D eigenvalue weighted by molar-refractivity contribution is 6.32. The Bertz CT molecular complexity index is 556. The van der Waals surface area contributed by atoms with Gasteiger partial charge in [0.25, 0.3) is 5.95 Å². The molecule has 15 heavy (non-hydrogen) atoms. The van der Waals surface area contributed by atoms with Crippen molar-refractivity contribution >= 4 is 28.5 Å². The third-order valence-corrected chi connectivity index (χ3v) is 2.65.